The molecule has 2 unspecified atom stereocenters. The Morgan fingerprint density at radius 1 is 1.50 bits per heavy atom. The van der Waals surface area contributed by atoms with Crippen LogP contribution in [0.4, 0.5) is 0 Å². The molecule has 3 heteroatoms. The molecule has 0 aromatic heterocycles. The minimum Gasteiger partial charge on any atom is -0.359 e. The number of halogens is 1. The lowest BCUT2D eigenvalue weighted by molar-refractivity contribution is -0.121. The fraction of sp³-hybridized carbons (Fsp3) is 0.462. The molecular formula is C13H16ClNO. The van der Waals surface area contributed by atoms with E-state index in [4.69, 9.17) is 11.6 Å². The number of nitrogens with one attached hydrogen (secondary N) is 1. The van der Waals surface area contributed by atoms with E-state index in [1.165, 1.54) is 11.1 Å². The number of amides is 1. The number of fused-ring (bicyclic) bond motifs is 1. The maximum absolute atomic E-state index is 11.4. The highest BCUT2D eigenvalue weighted by molar-refractivity contribution is 6.30. The number of rotatable bonds is 2. The van der Waals surface area contributed by atoms with Crippen molar-refractivity contribution in [3.05, 3.63) is 34.3 Å². The van der Waals surface area contributed by atoms with E-state index in [1.54, 1.807) is 7.05 Å². The van der Waals surface area contributed by atoms with E-state index in [-0.39, 0.29) is 5.91 Å². The summed E-state index contributed by atoms with van der Waals surface area (Å²) in [5, 5.41) is 3.44. The van der Waals surface area contributed by atoms with E-state index in [0.29, 0.717) is 18.3 Å². The number of hydrogen-bond acceptors (Lipinski definition) is 1. The minimum absolute atomic E-state index is 0.102. The molecule has 86 valence electrons. The van der Waals surface area contributed by atoms with Crippen molar-refractivity contribution in [3.8, 4) is 0 Å². The predicted octanol–water partition coefficient (Wildman–Crippen LogP) is 3.07. The number of carbonyl (C=O) groups excluding carboxylic acids is 1. The highest BCUT2D eigenvalue weighted by atomic mass is 35.5. The lowest BCUT2D eigenvalue weighted by Gasteiger charge is -2.10. The van der Waals surface area contributed by atoms with Gasteiger partial charge in [0, 0.05) is 18.5 Å². The molecule has 1 amide bonds. The van der Waals surface area contributed by atoms with Crippen LogP contribution in [0.5, 0.6) is 0 Å². The smallest absolute Gasteiger partial charge is 0.220 e. The van der Waals surface area contributed by atoms with Gasteiger partial charge in [-0.05, 0) is 41.5 Å². The average molecular weight is 238 g/mol. The first-order valence-electron chi connectivity index (χ1n) is 5.61. The average Bonchev–Trinajstić information content (AvgIpc) is 2.55. The van der Waals surface area contributed by atoms with Crippen molar-refractivity contribution in [1.82, 2.24) is 5.32 Å². The molecule has 1 N–H and O–H groups in total. The summed E-state index contributed by atoms with van der Waals surface area (Å²) in [5.74, 6) is 0.954. The Kier molecular flexibility index (Phi) is 3.20. The second-order valence-electron chi connectivity index (χ2n) is 4.48. The molecular weight excluding hydrogens is 222 g/mol. The Morgan fingerprint density at radius 2 is 2.25 bits per heavy atom. The molecule has 0 aliphatic heterocycles. The zero-order valence-electron chi connectivity index (χ0n) is 9.59. The van der Waals surface area contributed by atoms with Crippen molar-refractivity contribution >= 4 is 17.5 Å². The Labute approximate surface area is 101 Å². The lowest BCUT2D eigenvalue weighted by Crippen LogP contribution is -2.19. The Morgan fingerprint density at radius 3 is 2.94 bits per heavy atom. The first-order valence-corrected chi connectivity index (χ1v) is 5.99. The SMILES string of the molecule is CNC(=O)CC1CC(C)c2ccc(Cl)cc21. The third-order valence-corrected chi connectivity index (χ3v) is 3.60. The summed E-state index contributed by atoms with van der Waals surface area (Å²) in [6.45, 7) is 2.20. The molecule has 0 spiro atoms. The van der Waals surface area contributed by atoms with Crippen molar-refractivity contribution < 1.29 is 4.79 Å². The fourth-order valence-corrected chi connectivity index (χ4v) is 2.73. The molecule has 2 rings (SSSR count). The summed E-state index contributed by atoms with van der Waals surface area (Å²) in [6.07, 6.45) is 1.61. The van der Waals surface area contributed by atoms with Gasteiger partial charge in [0.2, 0.25) is 5.91 Å². The monoisotopic (exact) mass is 237 g/mol. The molecule has 0 heterocycles. The molecule has 2 nitrogen and oxygen atoms in total. The largest absolute Gasteiger partial charge is 0.359 e. The van der Waals surface area contributed by atoms with Crippen LogP contribution in [0.25, 0.3) is 0 Å². The molecule has 0 saturated heterocycles. The normalized spacial score (nSPS) is 22.9. The molecule has 0 fully saturated rings. The van der Waals surface area contributed by atoms with Crippen molar-refractivity contribution in [2.45, 2.75) is 31.6 Å². The fourth-order valence-electron chi connectivity index (χ4n) is 2.55. The zero-order chi connectivity index (χ0) is 11.7. The maximum atomic E-state index is 11.4. The van der Waals surface area contributed by atoms with E-state index in [1.807, 2.05) is 12.1 Å². The van der Waals surface area contributed by atoms with Gasteiger partial charge in [0.25, 0.3) is 0 Å². The van der Waals surface area contributed by atoms with Crippen LogP contribution in [0, 0.1) is 0 Å². The topological polar surface area (TPSA) is 29.1 Å². The van der Waals surface area contributed by atoms with E-state index in [0.717, 1.165) is 11.4 Å². The Balaban J connectivity index is 2.27. The van der Waals surface area contributed by atoms with Crippen LogP contribution in [0.1, 0.15) is 42.7 Å². The second kappa shape index (κ2) is 4.46. The van der Waals surface area contributed by atoms with Gasteiger partial charge in [0.15, 0.2) is 0 Å². The molecule has 0 radical (unpaired) electrons. The van der Waals surface area contributed by atoms with Gasteiger partial charge in [-0.1, -0.05) is 24.6 Å². The number of benzene rings is 1. The van der Waals surface area contributed by atoms with E-state index in [9.17, 15) is 4.79 Å². The second-order valence-corrected chi connectivity index (χ2v) is 4.92. The van der Waals surface area contributed by atoms with Crippen molar-refractivity contribution in [1.29, 1.82) is 0 Å². The summed E-state index contributed by atoms with van der Waals surface area (Å²) in [6, 6.07) is 6.03. The van der Waals surface area contributed by atoms with E-state index < -0.39 is 0 Å². The van der Waals surface area contributed by atoms with Crippen LogP contribution in [-0.4, -0.2) is 13.0 Å². The third kappa shape index (κ3) is 2.07. The Bertz CT molecular complexity index is 416. The molecule has 0 saturated carbocycles. The van der Waals surface area contributed by atoms with Crippen molar-refractivity contribution in [2.24, 2.45) is 0 Å². The molecule has 16 heavy (non-hydrogen) atoms. The van der Waals surface area contributed by atoms with Gasteiger partial charge in [0.1, 0.15) is 0 Å². The van der Waals surface area contributed by atoms with Crippen LogP contribution in [0.2, 0.25) is 5.02 Å². The highest BCUT2D eigenvalue weighted by Gasteiger charge is 2.29. The quantitative estimate of drug-likeness (QED) is 0.842. The summed E-state index contributed by atoms with van der Waals surface area (Å²) >= 11 is 6.01. The first kappa shape index (κ1) is 11.5. The van der Waals surface area contributed by atoms with Gasteiger partial charge in [-0.25, -0.2) is 0 Å². The van der Waals surface area contributed by atoms with Crippen molar-refractivity contribution in [2.75, 3.05) is 7.05 Å². The first-order chi connectivity index (χ1) is 7.61. The van der Waals surface area contributed by atoms with Gasteiger partial charge < -0.3 is 5.32 Å². The molecule has 1 aliphatic rings. The summed E-state index contributed by atoms with van der Waals surface area (Å²) < 4.78 is 0. The standard InChI is InChI=1S/C13H16ClNO/c1-8-5-9(6-13(16)15-2)12-7-10(14)3-4-11(8)12/h3-4,7-9H,5-6H2,1-2H3,(H,15,16). The summed E-state index contributed by atoms with van der Waals surface area (Å²) in [5.41, 5.74) is 2.60. The molecule has 0 bridgehead atoms. The molecule has 2 atom stereocenters. The van der Waals surface area contributed by atoms with Gasteiger partial charge in [-0.3, -0.25) is 4.79 Å². The van der Waals surface area contributed by atoms with Crippen LogP contribution < -0.4 is 5.32 Å². The van der Waals surface area contributed by atoms with Crippen LogP contribution in [-0.2, 0) is 4.79 Å². The van der Waals surface area contributed by atoms with E-state index in [2.05, 4.69) is 18.3 Å². The van der Waals surface area contributed by atoms with Gasteiger partial charge in [-0.2, -0.15) is 0 Å². The van der Waals surface area contributed by atoms with Crippen molar-refractivity contribution in [3.63, 3.8) is 0 Å². The summed E-state index contributed by atoms with van der Waals surface area (Å²) in [4.78, 5) is 11.4. The van der Waals surface area contributed by atoms with Gasteiger partial charge in [-0.15, -0.1) is 0 Å². The summed E-state index contributed by atoms with van der Waals surface area (Å²) in [7, 11) is 1.68. The van der Waals surface area contributed by atoms with Crippen LogP contribution >= 0.6 is 11.6 Å². The minimum atomic E-state index is 0.102. The highest BCUT2D eigenvalue weighted by Crippen LogP contribution is 2.43. The lowest BCUT2D eigenvalue weighted by atomic mass is 9.97. The van der Waals surface area contributed by atoms with E-state index >= 15 is 0 Å². The number of hydrogen-bond donors (Lipinski definition) is 1. The third-order valence-electron chi connectivity index (χ3n) is 3.37. The molecule has 1 aromatic rings. The van der Waals surface area contributed by atoms with Crippen LogP contribution in [0.3, 0.4) is 0 Å². The van der Waals surface area contributed by atoms with Gasteiger partial charge in [0.05, 0.1) is 0 Å². The zero-order valence-corrected chi connectivity index (χ0v) is 10.3. The Hall–Kier alpha value is -1.02. The number of carbonyl (C=O) groups is 1. The van der Waals surface area contributed by atoms with Gasteiger partial charge >= 0.3 is 0 Å². The maximum Gasteiger partial charge on any atom is 0.220 e. The molecule has 1 aliphatic carbocycles. The molecule has 1 aromatic carbocycles. The predicted molar refractivity (Wildman–Crippen MR) is 65.9 cm³/mol. The van der Waals surface area contributed by atoms with Crippen LogP contribution in [0.15, 0.2) is 18.2 Å².